The van der Waals surface area contributed by atoms with Gasteiger partial charge in [-0.2, -0.15) is 0 Å². The van der Waals surface area contributed by atoms with E-state index in [9.17, 15) is 4.79 Å². The number of para-hydroxylation sites is 1. The highest BCUT2D eigenvalue weighted by molar-refractivity contribution is 6.08. The number of benzene rings is 3. The Kier molecular flexibility index (Phi) is 6.22. The number of ketones is 1. The number of rotatable bonds is 7. The van der Waals surface area contributed by atoms with E-state index in [0.717, 1.165) is 11.1 Å². The van der Waals surface area contributed by atoms with Crippen molar-refractivity contribution in [3.8, 4) is 5.75 Å². The molecule has 0 unspecified atom stereocenters. The summed E-state index contributed by atoms with van der Waals surface area (Å²) in [5.74, 6) is 1.04. The fourth-order valence-electron chi connectivity index (χ4n) is 2.79. The van der Waals surface area contributed by atoms with Gasteiger partial charge in [-0.1, -0.05) is 86.7 Å². The minimum absolute atomic E-state index is 0.0633. The van der Waals surface area contributed by atoms with Gasteiger partial charge in [-0.25, -0.2) is 0 Å². The summed E-state index contributed by atoms with van der Waals surface area (Å²) < 4.78 is 5.88. The molecule has 0 spiro atoms. The van der Waals surface area contributed by atoms with Gasteiger partial charge in [-0.05, 0) is 40.8 Å². The van der Waals surface area contributed by atoms with E-state index >= 15 is 0 Å². The van der Waals surface area contributed by atoms with Crippen molar-refractivity contribution in [2.75, 3.05) is 0 Å². The number of allylic oxidation sites excluding steroid dienone is 1. The van der Waals surface area contributed by atoms with Crippen molar-refractivity contribution in [3.05, 3.63) is 107 Å². The van der Waals surface area contributed by atoms with Gasteiger partial charge in [0, 0.05) is 0 Å². The van der Waals surface area contributed by atoms with E-state index in [1.165, 1.54) is 5.56 Å². The second kappa shape index (κ2) is 9.00. The lowest BCUT2D eigenvalue weighted by Crippen LogP contribution is -2.02. The van der Waals surface area contributed by atoms with Crippen LogP contribution < -0.4 is 4.74 Å². The number of carbonyl (C=O) groups excluding carboxylic acids is 1. The van der Waals surface area contributed by atoms with Gasteiger partial charge >= 0.3 is 0 Å². The topological polar surface area (TPSA) is 26.3 Å². The third kappa shape index (κ3) is 5.18. The molecule has 0 aliphatic heterocycles. The van der Waals surface area contributed by atoms with Crippen LogP contribution in [-0.2, 0) is 6.61 Å². The lowest BCUT2D eigenvalue weighted by Gasteiger charge is -2.09. The second-order valence-electron chi connectivity index (χ2n) is 6.79. The minimum atomic E-state index is -0.0633. The van der Waals surface area contributed by atoms with Crippen LogP contribution in [0.2, 0.25) is 0 Å². The van der Waals surface area contributed by atoms with Crippen molar-refractivity contribution in [2.45, 2.75) is 26.4 Å². The predicted octanol–water partition coefficient (Wildman–Crippen LogP) is 6.29. The number of hydrogen-bond donors (Lipinski definition) is 0. The first-order chi connectivity index (χ1) is 13.1. The zero-order chi connectivity index (χ0) is 19.1. The predicted molar refractivity (Wildman–Crippen MR) is 111 cm³/mol. The van der Waals surface area contributed by atoms with Gasteiger partial charge < -0.3 is 4.74 Å². The zero-order valence-corrected chi connectivity index (χ0v) is 15.8. The second-order valence-corrected chi connectivity index (χ2v) is 6.79. The molecule has 27 heavy (non-hydrogen) atoms. The molecule has 0 atom stereocenters. The zero-order valence-electron chi connectivity index (χ0n) is 15.8. The highest BCUT2D eigenvalue weighted by Gasteiger charge is 2.09. The Morgan fingerprint density at radius 1 is 0.889 bits per heavy atom. The molecule has 0 saturated heterocycles. The Hall–Kier alpha value is -3.13. The van der Waals surface area contributed by atoms with Crippen LogP contribution in [0.5, 0.6) is 5.75 Å². The maximum absolute atomic E-state index is 12.7. The number of ether oxygens (including phenoxy) is 1. The molecule has 0 aliphatic rings. The van der Waals surface area contributed by atoms with Crippen LogP contribution in [0.15, 0.2) is 84.9 Å². The van der Waals surface area contributed by atoms with Gasteiger partial charge in [-0.15, -0.1) is 0 Å². The molecule has 0 aliphatic carbocycles. The minimum Gasteiger partial charge on any atom is -0.488 e. The molecule has 3 rings (SSSR count). The Morgan fingerprint density at radius 3 is 2.26 bits per heavy atom. The molecule has 136 valence electrons. The molecule has 2 heteroatoms. The lowest BCUT2D eigenvalue weighted by molar-refractivity contribution is 0.104. The molecule has 0 N–H and O–H groups in total. The van der Waals surface area contributed by atoms with Crippen molar-refractivity contribution in [1.82, 2.24) is 0 Å². The molecule has 2 nitrogen and oxygen atoms in total. The molecular formula is C25H24O2. The summed E-state index contributed by atoms with van der Waals surface area (Å²) in [6.45, 7) is 4.77. The molecule has 0 fully saturated rings. The highest BCUT2D eigenvalue weighted by atomic mass is 16.5. The third-order valence-electron chi connectivity index (χ3n) is 4.42. The SMILES string of the molecule is CC(C)c1ccc(C=CC(=O)c2ccccc2OCc2ccccc2)cc1. The van der Waals surface area contributed by atoms with E-state index in [1.54, 1.807) is 12.1 Å². The van der Waals surface area contributed by atoms with Crippen molar-refractivity contribution in [2.24, 2.45) is 0 Å². The van der Waals surface area contributed by atoms with Gasteiger partial charge in [0.15, 0.2) is 5.78 Å². The van der Waals surface area contributed by atoms with Crippen molar-refractivity contribution >= 4 is 11.9 Å². The summed E-state index contributed by atoms with van der Waals surface area (Å²) in [7, 11) is 0. The maximum atomic E-state index is 12.7. The molecule has 3 aromatic carbocycles. The molecule has 0 saturated carbocycles. The average molecular weight is 356 g/mol. The summed E-state index contributed by atoms with van der Waals surface area (Å²) >= 11 is 0. The number of carbonyl (C=O) groups is 1. The molecule has 0 heterocycles. The first-order valence-electron chi connectivity index (χ1n) is 9.21. The summed E-state index contributed by atoms with van der Waals surface area (Å²) in [5, 5.41) is 0. The monoisotopic (exact) mass is 356 g/mol. The first kappa shape index (κ1) is 18.7. The fraction of sp³-hybridized carbons (Fsp3) is 0.160. The molecule has 0 amide bonds. The summed E-state index contributed by atoms with van der Waals surface area (Å²) in [6.07, 6.45) is 3.45. The molecular weight excluding hydrogens is 332 g/mol. The van der Waals surface area contributed by atoms with Crippen LogP contribution in [-0.4, -0.2) is 5.78 Å². The van der Waals surface area contributed by atoms with E-state index in [0.29, 0.717) is 23.8 Å². The Morgan fingerprint density at radius 2 is 1.56 bits per heavy atom. The molecule has 3 aromatic rings. The maximum Gasteiger partial charge on any atom is 0.189 e. The number of hydrogen-bond acceptors (Lipinski definition) is 2. The van der Waals surface area contributed by atoms with Crippen LogP contribution in [0.1, 0.15) is 46.8 Å². The van der Waals surface area contributed by atoms with E-state index < -0.39 is 0 Å². The van der Waals surface area contributed by atoms with E-state index in [2.05, 4.69) is 26.0 Å². The third-order valence-corrected chi connectivity index (χ3v) is 4.42. The van der Waals surface area contributed by atoms with Gasteiger partial charge in [-0.3, -0.25) is 4.79 Å². The van der Waals surface area contributed by atoms with Crippen molar-refractivity contribution in [3.63, 3.8) is 0 Å². The van der Waals surface area contributed by atoms with Crippen molar-refractivity contribution in [1.29, 1.82) is 0 Å². The summed E-state index contributed by atoms with van der Waals surface area (Å²) in [6, 6.07) is 25.6. The average Bonchev–Trinajstić information content (AvgIpc) is 2.71. The molecule has 0 radical (unpaired) electrons. The van der Waals surface area contributed by atoms with Crippen LogP contribution in [0.25, 0.3) is 6.08 Å². The lowest BCUT2D eigenvalue weighted by atomic mass is 10.0. The molecule has 0 bridgehead atoms. The first-order valence-corrected chi connectivity index (χ1v) is 9.21. The van der Waals surface area contributed by atoms with Crippen LogP contribution >= 0.6 is 0 Å². The van der Waals surface area contributed by atoms with Crippen LogP contribution in [0.4, 0.5) is 0 Å². The largest absolute Gasteiger partial charge is 0.488 e. The van der Waals surface area contributed by atoms with Gasteiger partial charge in [0.1, 0.15) is 12.4 Å². The quantitative estimate of drug-likeness (QED) is 0.367. The van der Waals surface area contributed by atoms with E-state index in [1.807, 2.05) is 66.7 Å². The van der Waals surface area contributed by atoms with Crippen LogP contribution in [0, 0.1) is 0 Å². The standard InChI is InChI=1S/C25H24O2/c1-19(2)22-15-12-20(13-16-22)14-17-24(26)23-10-6-7-11-25(23)27-18-21-8-4-3-5-9-21/h3-17,19H,18H2,1-2H3. The van der Waals surface area contributed by atoms with E-state index in [-0.39, 0.29) is 5.78 Å². The normalized spacial score (nSPS) is 11.1. The Labute approximate surface area is 161 Å². The van der Waals surface area contributed by atoms with Crippen molar-refractivity contribution < 1.29 is 9.53 Å². The summed E-state index contributed by atoms with van der Waals surface area (Å²) in [4.78, 5) is 12.7. The van der Waals surface area contributed by atoms with Gasteiger partial charge in [0.25, 0.3) is 0 Å². The Balaban J connectivity index is 1.71. The summed E-state index contributed by atoms with van der Waals surface area (Å²) in [5.41, 5.74) is 3.94. The van der Waals surface area contributed by atoms with Crippen LogP contribution in [0.3, 0.4) is 0 Å². The van der Waals surface area contributed by atoms with Gasteiger partial charge in [0.2, 0.25) is 0 Å². The van der Waals surface area contributed by atoms with E-state index in [4.69, 9.17) is 4.74 Å². The Bertz CT molecular complexity index is 907. The van der Waals surface area contributed by atoms with Gasteiger partial charge in [0.05, 0.1) is 5.56 Å². The smallest absolute Gasteiger partial charge is 0.189 e. The molecule has 0 aromatic heterocycles. The fourth-order valence-corrected chi connectivity index (χ4v) is 2.79. The highest BCUT2D eigenvalue weighted by Crippen LogP contribution is 2.21.